The first kappa shape index (κ1) is 28.8. The summed E-state index contributed by atoms with van der Waals surface area (Å²) >= 11 is 0. The normalized spacial score (nSPS) is 13.4. The van der Waals surface area contributed by atoms with E-state index >= 15 is 0 Å². The van der Waals surface area contributed by atoms with Gasteiger partial charge in [-0.15, -0.1) is 0 Å². The van der Waals surface area contributed by atoms with Gasteiger partial charge in [0.25, 0.3) is 0 Å². The van der Waals surface area contributed by atoms with Gasteiger partial charge in [0.1, 0.15) is 0 Å². The fourth-order valence-electron chi connectivity index (χ4n) is 9.56. The highest BCUT2D eigenvalue weighted by atomic mass is 14.8. The van der Waals surface area contributed by atoms with Crippen molar-refractivity contribution in [2.24, 2.45) is 0 Å². The van der Waals surface area contributed by atoms with Crippen molar-refractivity contribution in [3.05, 3.63) is 204 Å². The van der Waals surface area contributed by atoms with Crippen LogP contribution in [0.25, 0.3) is 88.0 Å². The van der Waals surface area contributed by atoms with Crippen LogP contribution in [0.2, 0.25) is 0 Å². The van der Waals surface area contributed by atoms with Gasteiger partial charge in [0, 0.05) is 22.5 Å². The van der Waals surface area contributed by atoms with Gasteiger partial charge in [-0.05, 0) is 120 Å². The third-order valence-electron chi connectivity index (χ3n) is 11.9. The number of nitrogens with zero attached hydrogens (tertiary/aromatic N) is 2. The quantitative estimate of drug-likeness (QED) is 0.171. The topological polar surface area (TPSA) is 25.8 Å². The first-order chi connectivity index (χ1) is 26.3. The molecule has 0 saturated carbocycles. The molecule has 0 aliphatic heterocycles. The maximum atomic E-state index is 5.24. The van der Waals surface area contributed by atoms with Crippen LogP contribution in [0.5, 0.6) is 0 Å². The highest BCUT2D eigenvalue weighted by Crippen LogP contribution is 2.63. The number of aromatic nitrogens is 2. The molecule has 53 heavy (non-hydrogen) atoms. The Kier molecular flexibility index (Phi) is 5.73. The lowest BCUT2D eigenvalue weighted by molar-refractivity contribution is 0.796. The second-order valence-electron chi connectivity index (χ2n) is 14.5. The van der Waals surface area contributed by atoms with E-state index in [4.69, 9.17) is 9.97 Å². The maximum absolute atomic E-state index is 5.24. The van der Waals surface area contributed by atoms with Gasteiger partial charge in [-0.1, -0.05) is 133 Å². The predicted molar refractivity (Wildman–Crippen MR) is 219 cm³/mol. The first-order valence-corrected chi connectivity index (χ1v) is 18.3. The zero-order valence-electron chi connectivity index (χ0n) is 28.7. The van der Waals surface area contributed by atoms with Crippen molar-refractivity contribution < 1.29 is 0 Å². The predicted octanol–water partition coefficient (Wildman–Crippen LogP) is 12.8. The molecule has 8 aromatic carbocycles. The Balaban J connectivity index is 1.10. The van der Waals surface area contributed by atoms with Crippen molar-refractivity contribution in [3.8, 4) is 44.6 Å². The van der Waals surface area contributed by atoms with E-state index in [2.05, 4.69) is 170 Å². The van der Waals surface area contributed by atoms with Crippen molar-refractivity contribution in [3.63, 3.8) is 0 Å². The van der Waals surface area contributed by atoms with Gasteiger partial charge >= 0.3 is 0 Å². The van der Waals surface area contributed by atoms with Gasteiger partial charge < -0.3 is 0 Å². The minimum atomic E-state index is -0.407. The summed E-state index contributed by atoms with van der Waals surface area (Å²) in [5.74, 6) is 0. The summed E-state index contributed by atoms with van der Waals surface area (Å²) in [6.07, 6.45) is 1.85. The van der Waals surface area contributed by atoms with Gasteiger partial charge in [0.2, 0.25) is 0 Å². The zero-order valence-corrected chi connectivity index (χ0v) is 28.7. The van der Waals surface area contributed by atoms with E-state index in [1.165, 1.54) is 71.6 Å². The molecule has 10 aromatic rings. The summed E-state index contributed by atoms with van der Waals surface area (Å²) in [6, 6.07) is 65.0. The lowest BCUT2D eigenvalue weighted by Gasteiger charge is -2.30. The Morgan fingerprint density at radius 1 is 0.321 bits per heavy atom. The minimum absolute atomic E-state index is 0.407. The monoisotopic (exact) mass is 670 g/mol. The van der Waals surface area contributed by atoms with Crippen LogP contribution in [0.4, 0.5) is 0 Å². The van der Waals surface area contributed by atoms with Crippen LogP contribution in [0.1, 0.15) is 22.3 Å². The van der Waals surface area contributed by atoms with E-state index in [-0.39, 0.29) is 0 Å². The van der Waals surface area contributed by atoms with Crippen molar-refractivity contribution in [1.29, 1.82) is 0 Å². The molecule has 2 aromatic heterocycles. The Bertz CT molecular complexity index is 3140. The Morgan fingerprint density at radius 3 is 1.58 bits per heavy atom. The van der Waals surface area contributed by atoms with Gasteiger partial charge in [-0.3, -0.25) is 4.98 Å². The molecule has 2 aliphatic rings. The van der Waals surface area contributed by atoms with Crippen LogP contribution in [-0.2, 0) is 5.41 Å². The molecule has 0 amide bonds. The molecular weight excluding hydrogens is 641 g/mol. The number of hydrogen-bond donors (Lipinski definition) is 0. The summed E-state index contributed by atoms with van der Waals surface area (Å²) < 4.78 is 0. The standard InChI is InChI=1S/C51H30N2/c1-2-11-34-29-46-42(27-33(34)10-1)43-28-35-21-22-36(26-37(35)30-47(43)51(46)44-17-7-5-14-39(44)40-15-6-8-18-45(40)51)38-13-3-4-16-41(38)48-24-23-32-20-19-31-12-9-25-52-49(31)50(32)53-48/h1-30H. The molecule has 0 saturated heterocycles. The smallest absolute Gasteiger partial charge is 0.0972 e. The lowest BCUT2D eigenvalue weighted by Crippen LogP contribution is -2.25. The molecule has 0 fully saturated rings. The number of fused-ring (bicyclic) bond motifs is 15. The third-order valence-corrected chi connectivity index (χ3v) is 11.9. The second-order valence-corrected chi connectivity index (χ2v) is 14.5. The molecule has 0 unspecified atom stereocenters. The van der Waals surface area contributed by atoms with E-state index in [1.807, 2.05) is 12.3 Å². The Hall–Kier alpha value is -6.90. The van der Waals surface area contributed by atoms with Crippen molar-refractivity contribution in [1.82, 2.24) is 9.97 Å². The van der Waals surface area contributed by atoms with Crippen LogP contribution < -0.4 is 0 Å². The van der Waals surface area contributed by atoms with E-state index in [0.717, 1.165) is 38.6 Å². The molecule has 0 radical (unpaired) electrons. The van der Waals surface area contributed by atoms with Crippen LogP contribution >= 0.6 is 0 Å². The molecule has 0 N–H and O–H groups in total. The second kappa shape index (κ2) is 10.6. The number of rotatable bonds is 2. The van der Waals surface area contributed by atoms with Crippen LogP contribution in [0.3, 0.4) is 0 Å². The van der Waals surface area contributed by atoms with Gasteiger partial charge in [-0.2, -0.15) is 0 Å². The molecular formula is C51H30N2. The zero-order chi connectivity index (χ0) is 34.7. The summed E-state index contributed by atoms with van der Waals surface area (Å²) in [4.78, 5) is 9.96. The van der Waals surface area contributed by atoms with Crippen molar-refractivity contribution in [2.75, 3.05) is 0 Å². The van der Waals surface area contributed by atoms with Crippen LogP contribution in [0, 0.1) is 0 Å². The third kappa shape index (κ3) is 3.87. The lowest BCUT2D eigenvalue weighted by atomic mass is 9.70. The minimum Gasteiger partial charge on any atom is -0.254 e. The Morgan fingerprint density at radius 2 is 0.849 bits per heavy atom. The summed E-state index contributed by atoms with van der Waals surface area (Å²) in [5.41, 5.74) is 16.6. The van der Waals surface area contributed by atoms with E-state index in [0.29, 0.717) is 0 Å². The highest BCUT2D eigenvalue weighted by Gasteiger charge is 2.51. The number of benzene rings is 8. The molecule has 1 spiro atoms. The summed E-state index contributed by atoms with van der Waals surface area (Å²) in [6.45, 7) is 0. The maximum Gasteiger partial charge on any atom is 0.0972 e. The number of hydrogen-bond acceptors (Lipinski definition) is 2. The van der Waals surface area contributed by atoms with Crippen LogP contribution in [-0.4, -0.2) is 9.97 Å². The summed E-state index contributed by atoms with van der Waals surface area (Å²) in [7, 11) is 0. The van der Waals surface area contributed by atoms with Gasteiger partial charge in [0.15, 0.2) is 0 Å². The summed E-state index contributed by atoms with van der Waals surface area (Å²) in [5, 5.41) is 7.20. The molecule has 0 atom stereocenters. The molecule has 2 heterocycles. The Labute approximate surface area is 306 Å². The molecule has 0 bridgehead atoms. The molecule has 2 nitrogen and oxygen atoms in total. The molecule has 12 rings (SSSR count). The molecule has 2 aliphatic carbocycles. The fraction of sp³-hybridized carbons (Fsp3) is 0.0196. The van der Waals surface area contributed by atoms with Gasteiger partial charge in [0.05, 0.1) is 22.1 Å². The average Bonchev–Trinajstić information content (AvgIpc) is 3.67. The highest BCUT2D eigenvalue weighted by molar-refractivity contribution is 6.05. The first-order valence-electron chi connectivity index (χ1n) is 18.3. The fourth-order valence-corrected chi connectivity index (χ4v) is 9.56. The van der Waals surface area contributed by atoms with E-state index in [9.17, 15) is 0 Å². The molecule has 244 valence electrons. The SMILES string of the molecule is c1ccc(-c2ccc3ccc4cccnc4c3n2)c(-c2ccc3cc4c(cc3c2)C2(c3ccccc3-c3ccccc32)c2cc3ccccc3cc2-4)c1. The van der Waals surface area contributed by atoms with Crippen LogP contribution in [0.15, 0.2) is 182 Å². The average molecular weight is 671 g/mol. The van der Waals surface area contributed by atoms with E-state index < -0.39 is 5.41 Å². The van der Waals surface area contributed by atoms with Gasteiger partial charge in [-0.25, -0.2) is 4.98 Å². The molecule has 2 heteroatoms. The van der Waals surface area contributed by atoms with Crippen molar-refractivity contribution in [2.45, 2.75) is 5.41 Å². The van der Waals surface area contributed by atoms with E-state index in [1.54, 1.807) is 0 Å². The van der Waals surface area contributed by atoms with Crippen molar-refractivity contribution >= 4 is 43.4 Å². The number of pyridine rings is 2. The largest absolute Gasteiger partial charge is 0.254 e.